The largest absolute Gasteiger partial charge is 0.490 e. The van der Waals surface area contributed by atoms with Gasteiger partial charge in [0, 0.05) is 21.6 Å². The second-order valence-corrected chi connectivity index (χ2v) is 10.3. The average molecular weight is 585 g/mol. The predicted molar refractivity (Wildman–Crippen MR) is 161 cm³/mol. The Hall–Kier alpha value is -4.89. The molecule has 9 heteroatoms. The minimum Gasteiger partial charge on any atom is -0.490 e. The van der Waals surface area contributed by atoms with E-state index < -0.39 is 17.9 Å². The van der Waals surface area contributed by atoms with Crippen LogP contribution < -0.4 is 9.47 Å². The Morgan fingerprint density at radius 3 is 2.07 bits per heavy atom. The van der Waals surface area contributed by atoms with Crippen molar-refractivity contribution in [2.45, 2.75) is 18.2 Å². The second-order valence-electron chi connectivity index (χ2n) is 9.26. The van der Waals surface area contributed by atoms with Gasteiger partial charge in [-0.2, -0.15) is 0 Å². The lowest BCUT2D eigenvalue weighted by molar-refractivity contribution is -0.141. The summed E-state index contributed by atoms with van der Waals surface area (Å²) in [5.41, 5.74) is 0.852. The molecule has 0 aliphatic carbocycles. The third-order valence-electron chi connectivity index (χ3n) is 6.10. The summed E-state index contributed by atoms with van der Waals surface area (Å²) in [5, 5.41) is 3.63. The molecule has 0 saturated heterocycles. The normalized spacial score (nSPS) is 10.6. The van der Waals surface area contributed by atoms with Gasteiger partial charge in [-0.25, -0.2) is 9.59 Å². The van der Waals surface area contributed by atoms with Crippen LogP contribution in [-0.2, 0) is 23.9 Å². The van der Waals surface area contributed by atoms with Crippen LogP contribution in [0.3, 0.4) is 0 Å². The zero-order chi connectivity index (χ0) is 30.2. The first kappa shape index (κ1) is 30.1. The Labute approximate surface area is 246 Å². The molecule has 0 fully saturated rings. The lowest BCUT2D eigenvalue weighted by Gasteiger charge is -2.10. The molecular formula is C33H28O8S. The Morgan fingerprint density at radius 1 is 0.762 bits per heavy atom. The minimum atomic E-state index is -0.698. The van der Waals surface area contributed by atoms with E-state index in [2.05, 4.69) is 17.9 Å². The standard InChI is InChI=1S/C33H28O8S/c1-20(2)31(35)40-16-15-39-25-9-7-22(8-10-25)33(37)42-27-12-14-29-24(19-27)6-5-23-18-26(11-13-28(23)29)41-32(36)21(3)17-30(34)38-4/h5-14,18-19H,1,3,15-17H2,2,4H3. The van der Waals surface area contributed by atoms with Crippen LogP contribution >= 0.6 is 11.8 Å². The average Bonchev–Trinajstić information content (AvgIpc) is 2.98. The van der Waals surface area contributed by atoms with Gasteiger partial charge in [-0.15, -0.1) is 0 Å². The first-order valence-electron chi connectivity index (χ1n) is 12.9. The highest BCUT2D eigenvalue weighted by molar-refractivity contribution is 8.14. The van der Waals surface area contributed by atoms with Crippen molar-refractivity contribution in [3.8, 4) is 11.5 Å². The maximum atomic E-state index is 12.9. The Bertz CT molecular complexity index is 1710. The molecule has 42 heavy (non-hydrogen) atoms. The lowest BCUT2D eigenvalue weighted by atomic mass is 10.0. The summed E-state index contributed by atoms with van der Waals surface area (Å²) in [4.78, 5) is 48.8. The molecule has 0 saturated carbocycles. The molecular weight excluding hydrogens is 556 g/mol. The Kier molecular flexibility index (Phi) is 9.77. The molecule has 0 N–H and O–H groups in total. The highest BCUT2D eigenvalue weighted by atomic mass is 32.2. The van der Waals surface area contributed by atoms with Gasteiger partial charge in [-0.1, -0.05) is 37.4 Å². The Balaban J connectivity index is 1.39. The van der Waals surface area contributed by atoms with E-state index in [0.717, 1.165) is 38.2 Å². The van der Waals surface area contributed by atoms with Crippen molar-refractivity contribution >= 4 is 56.3 Å². The van der Waals surface area contributed by atoms with E-state index in [9.17, 15) is 19.2 Å². The minimum absolute atomic E-state index is 0.00289. The summed E-state index contributed by atoms with van der Waals surface area (Å²) < 4.78 is 20.5. The molecule has 0 aromatic heterocycles. The number of thioether (sulfide) groups is 1. The van der Waals surface area contributed by atoms with Crippen molar-refractivity contribution < 1.29 is 38.1 Å². The van der Waals surface area contributed by atoms with E-state index in [0.29, 0.717) is 22.6 Å². The molecule has 0 aliphatic heterocycles. The van der Waals surface area contributed by atoms with E-state index in [1.165, 1.54) is 7.11 Å². The molecule has 0 aliphatic rings. The molecule has 0 radical (unpaired) electrons. The highest BCUT2D eigenvalue weighted by Gasteiger charge is 2.15. The number of hydrogen-bond acceptors (Lipinski definition) is 9. The highest BCUT2D eigenvalue weighted by Crippen LogP contribution is 2.32. The number of carbonyl (C=O) groups is 4. The van der Waals surface area contributed by atoms with Gasteiger partial charge in [0.2, 0.25) is 5.12 Å². The fraction of sp³-hybridized carbons (Fsp3) is 0.152. The molecule has 0 heterocycles. The predicted octanol–water partition coefficient (Wildman–Crippen LogP) is 6.45. The van der Waals surface area contributed by atoms with Crippen LogP contribution in [-0.4, -0.2) is 43.3 Å². The van der Waals surface area contributed by atoms with Crippen LogP contribution in [0.5, 0.6) is 11.5 Å². The van der Waals surface area contributed by atoms with Crippen molar-refractivity contribution in [2.24, 2.45) is 0 Å². The molecule has 214 valence electrons. The van der Waals surface area contributed by atoms with Crippen molar-refractivity contribution in [2.75, 3.05) is 20.3 Å². The molecule has 4 aromatic rings. The molecule has 0 atom stereocenters. The first-order valence-corrected chi connectivity index (χ1v) is 13.7. The number of esters is 3. The topological polar surface area (TPSA) is 105 Å². The smallest absolute Gasteiger partial charge is 0.339 e. The third-order valence-corrected chi connectivity index (χ3v) is 7.01. The molecule has 4 rings (SSSR count). The number of rotatable bonds is 11. The zero-order valence-corrected chi connectivity index (χ0v) is 24.0. The molecule has 0 bridgehead atoms. The summed E-state index contributed by atoms with van der Waals surface area (Å²) in [6.45, 7) is 8.98. The van der Waals surface area contributed by atoms with Crippen molar-refractivity contribution in [3.63, 3.8) is 0 Å². The first-order chi connectivity index (χ1) is 20.1. The van der Waals surface area contributed by atoms with E-state index in [1.807, 2.05) is 36.4 Å². The van der Waals surface area contributed by atoms with Crippen molar-refractivity contribution in [1.82, 2.24) is 0 Å². The van der Waals surface area contributed by atoms with E-state index in [-0.39, 0.29) is 30.3 Å². The molecule has 0 spiro atoms. The van der Waals surface area contributed by atoms with Crippen LogP contribution in [0.25, 0.3) is 21.5 Å². The quantitative estimate of drug-likeness (QED) is 0.0491. The summed E-state index contributed by atoms with van der Waals surface area (Å²) in [6.07, 6.45) is -0.244. The van der Waals surface area contributed by atoms with E-state index in [1.54, 1.807) is 43.3 Å². The monoisotopic (exact) mass is 584 g/mol. The number of benzene rings is 4. The fourth-order valence-corrected chi connectivity index (χ4v) is 4.71. The zero-order valence-electron chi connectivity index (χ0n) is 23.1. The van der Waals surface area contributed by atoms with Crippen LogP contribution in [0.1, 0.15) is 23.7 Å². The maximum absolute atomic E-state index is 12.9. The van der Waals surface area contributed by atoms with E-state index in [4.69, 9.17) is 14.2 Å². The van der Waals surface area contributed by atoms with Crippen LogP contribution in [0, 0.1) is 0 Å². The number of fused-ring (bicyclic) bond motifs is 3. The van der Waals surface area contributed by atoms with Crippen LogP contribution in [0.4, 0.5) is 0 Å². The van der Waals surface area contributed by atoms with Crippen molar-refractivity contribution in [1.29, 1.82) is 0 Å². The second kappa shape index (κ2) is 13.6. The molecule has 0 amide bonds. The lowest BCUT2D eigenvalue weighted by Crippen LogP contribution is -2.14. The number of hydrogen-bond donors (Lipinski definition) is 0. The number of ether oxygens (including phenoxy) is 4. The molecule has 8 nitrogen and oxygen atoms in total. The Morgan fingerprint density at radius 2 is 1.40 bits per heavy atom. The van der Waals surface area contributed by atoms with Gasteiger partial charge >= 0.3 is 17.9 Å². The van der Waals surface area contributed by atoms with Gasteiger partial charge in [-0.05, 0) is 88.8 Å². The number of methoxy groups -OCH3 is 1. The molecule has 0 unspecified atom stereocenters. The van der Waals surface area contributed by atoms with Gasteiger partial charge in [-0.3, -0.25) is 9.59 Å². The number of carbonyl (C=O) groups excluding carboxylic acids is 4. The fourth-order valence-electron chi connectivity index (χ4n) is 3.92. The third kappa shape index (κ3) is 7.64. The van der Waals surface area contributed by atoms with Gasteiger partial charge < -0.3 is 18.9 Å². The SMILES string of the molecule is C=C(C)C(=O)OCCOc1ccc(C(=O)Sc2ccc3c(ccc4cc(OC(=O)C(=C)CC(=O)OC)ccc43)c2)cc1. The van der Waals surface area contributed by atoms with Gasteiger partial charge in [0.1, 0.15) is 24.7 Å². The van der Waals surface area contributed by atoms with Crippen LogP contribution in [0.2, 0.25) is 0 Å². The summed E-state index contributed by atoms with van der Waals surface area (Å²) in [7, 11) is 1.24. The van der Waals surface area contributed by atoms with Gasteiger partial charge in [0.05, 0.1) is 13.5 Å². The summed E-state index contributed by atoms with van der Waals surface area (Å²) >= 11 is 1.12. The summed E-state index contributed by atoms with van der Waals surface area (Å²) in [5.74, 6) is -0.841. The van der Waals surface area contributed by atoms with Crippen LogP contribution in [0.15, 0.2) is 102 Å². The summed E-state index contributed by atoms with van der Waals surface area (Å²) in [6, 6.07) is 21.7. The molecule has 4 aromatic carbocycles. The van der Waals surface area contributed by atoms with Gasteiger partial charge in [0.25, 0.3) is 0 Å². The maximum Gasteiger partial charge on any atom is 0.339 e. The van der Waals surface area contributed by atoms with Gasteiger partial charge in [0.15, 0.2) is 0 Å². The van der Waals surface area contributed by atoms with Crippen molar-refractivity contribution in [3.05, 3.63) is 103 Å². The van der Waals surface area contributed by atoms with E-state index >= 15 is 0 Å².